The van der Waals surface area contributed by atoms with E-state index in [0.717, 1.165) is 12.8 Å². The maximum atomic E-state index is 12.3. The molecule has 3 N–H and O–H groups in total. The first kappa shape index (κ1) is 15.5. The van der Waals surface area contributed by atoms with E-state index < -0.39 is 0 Å². The number of hydrogen-bond acceptors (Lipinski definition) is 2. The van der Waals surface area contributed by atoms with Crippen molar-refractivity contribution in [2.75, 3.05) is 5.73 Å². The van der Waals surface area contributed by atoms with E-state index >= 15 is 0 Å². The van der Waals surface area contributed by atoms with Crippen molar-refractivity contribution in [1.82, 2.24) is 5.32 Å². The number of nitrogen functional groups attached to an aromatic ring is 1. The Bertz CT molecular complexity index is 496. The summed E-state index contributed by atoms with van der Waals surface area (Å²) in [7, 11) is 0. The Hall–Kier alpha value is -0.930. The number of hydrogen-bond donors (Lipinski definition) is 2. The van der Waals surface area contributed by atoms with Crippen molar-refractivity contribution in [2.45, 2.75) is 39.2 Å². The molecular formula is C15H20Cl2N2O. The topological polar surface area (TPSA) is 55.1 Å². The predicted octanol–water partition coefficient (Wildman–Crippen LogP) is 4.13. The molecule has 110 valence electrons. The van der Waals surface area contributed by atoms with Crippen LogP contribution in [0.25, 0.3) is 0 Å². The average Bonchev–Trinajstić information content (AvgIpc) is 2.40. The lowest BCUT2D eigenvalue weighted by Gasteiger charge is -2.34. The van der Waals surface area contributed by atoms with Crippen molar-refractivity contribution >= 4 is 34.8 Å². The zero-order valence-electron chi connectivity index (χ0n) is 11.7. The SMILES string of the molecule is CC1CCCC(NC(=O)c2cc(N)c(Cl)c(Cl)c2)C1C. The van der Waals surface area contributed by atoms with Crippen LogP contribution in [0.4, 0.5) is 5.69 Å². The Morgan fingerprint density at radius 3 is 2.65 bits per heavy atom. The van der Waals surface area contributed by atoms with Gasteiger partial charge in [-0.05, 0) is 30.4 Å². The largest absolute Gasteiger partial charge is 0.397 e. The lowest BCUT2D eigenvalue weighted by Crippen LogP contribution is -2.43. The highest BCUT2D eigenvalue weighted by molar-refractivity contribution is 6.43. The van der Waals surface area contributed by atoms with Crippen LogP contribution in [0.3, 0.4) is 0 Å². The quantitative estimate of drug-likeness (QED) is 0.806. The van der Waals surface area contributed by atoms with Gasteiger partial charge < -0.3 is 11.1 Å². The molecule has 5 heteroatoms. The second-order valence-corrected chi connectivity index (χ2v) is 6.49. The molecule has 1 saturated carbocycles. The molecule has 0 heterocycles. The third-order valence-corrected chi connectivity index (χ3v) is 5.16. The van der Waals surface area contributed by atoms with Gasteiger partial charge in [0.25, 0.3) is 5.91 Å². The van der Waals surface area contributed by atoms with Crippen LogP contribution >= 0.6 is 23.2 Å². The Morgan fingerprint density at radius 1 is 1.30 bits per heavy atom. The molecule has 0 spiro atoms. The van der Waals surface area contributed by atoms with Gasteiger partial charge in [0.15, 0.2) is 0 Å². The number of rotatable bonds is 2. The van der Waals surface area contributed by atoms with Crippen molar-refractivity contribution in [1.29, 1.82) is 0 Å². The van der Waals surface area contributed by atoms with Crippen LogP contribution in [-0.4, -0.2) is 11.9 Å². The van der Waals surface area contributed by atoms with E-state index in [4.69, 9.17) is 28.9 Å². The van der Waals surface area contributed by atoms with Crippen molar-refractivity contribution in [2.24, 2.45) is 11.8 Å². The minimum atomic E-state index is -0.138. The van der Waals surface area contributed by atoms with E-state index in [1.165, 1.54) is 6.42 Å². The maximum absolute atomic E-state index is 12.3. The van der Waals surface area contributed by atoms with Gasteiger partial charge in [-0.3, -0.25) is 4.79 Å². The fourth-order valence-corrected chi connectivity index (χ4v) is 3.11. The molecule has 20 heavy (non-hydrogen) atoms. The monoisotopic (exact) mass is 314 g/mol. The second-order valence-electron chi connectivity index (χ2n) is 5.71. The van der Waals surface area contributed by atoms with Crippen LogP contribution in [0.5, 0.6) is 0 Å². The summed E-state index contributed by atoms with van der Waals surface area (Å²) in [4.78, 5) is 12.3. The van der Waals surface area contributed by atoms with Crippen LogP contribution < -0.4 is 11.1 Å². The number of anilines is 1. The minimum Gasteiger partial charge on any atom is -0.397 e. The third-order valence-electron chi connectivity index (χ3n) is 4.34. The van der Waals surface area contributed by atoms with Crippen LogP contribution in [0.1, 0.15) is 43.5 Å². The van der Waals surface area contributed by atoms with Gasteiger partial charge in [0.2, 0.25) is 0 Å². The summed E-state index contributed by atoms with van der Waals surface area (Å²) in [6.07, 6.45) is 3.40. The zero-order chi connectivity index (χ0) is 14.9. The first-order chi connectivity index (χ1) is 9.40. The van der Waals surface area contributed by atoms with Crippen LogP contribution in [0, 0.1) is 11.8 Å². The number of nitrogens with one attached hydrogen (secondary N) is 1. The molecule has 2 rings (SSSR count). The van der Waals surface area contributed by atoms with E-state index in [-0.39, 0.29) is 11.9 Å². The molecule has 1 aromatic carbocycles. The summed E-state index contributed by atoms with van der Waals surface area (Å²) >= 11 is 11.9. The number of carbonyl (C=O) groups is 1. The molecule has 3 unspecified atom stereocenters. The van der Waals surface area contributed by atoms with E-state index in [1.807, 2.05) is 0 Å². The molecule has 3 nitrogen and oxygen atoms in total. The number of amides is 1. The minimum absolute atomic E-state index is 0.138. The van der Waals surface area contributed by atoms with Gasteiger partial charge >= 0.3 is 0 Å². The van der Waals surface area contributed by atoms with Crippen LogP contribution in [0.15, 0.2) is 12.1 Å². The normalized spacial score (nSPS) is 26.3. The van der Waals surface area contributed by atoms with Crippen LogP contribution in [-0.2, 0) is 0 Å². The van der Waals surface area contributed by atoms with Gasteiger partial charge in [-0.2, -0.15) is 0 Å². The Morgan fingerprint density at radius 2 is 2.00 bits per heavy atom. The molecule has 0 aromatic heterocycles. The summed E-state index contributed by atoms with van der Waals surface area (Å²) in [5.74, 6) is 0.974. The Balaban J connectivity index is 2.12. The summed E-state index contributed by atoms with van der Waals surface area (Å²) < 4.78 is 0. The molecule has 0 bridgehead atoms. The number of benzene rings is 1. The first-order valence-corrected chi connectivity index (χ1v) is 7.71. The molecule has 1 amide bonds. The molecule has 1 fully saturated rings. The number of halogens is 2. The second kappa shape index (κ2) is 6.23. The van der Waals surface area contributed by atoms with Gasteiger partial charge in [-0.1, -0.05) is 49.9 Å². The summed E-state index contributed by atoms with van der Waals surface area (Å²) in [5.41, 5.74) is 6.53. The molecule has 0 aliphatic heterocycles. The fourth-order valence-electron chi connectivity index (χ4n) is 2.78. The van der Waals surface area contributed by atoms with Gasteiger partial charge in [0.1, 0.15) is 0 Å². The lowest BCUT2D eigenvalue weighted by molar-refractivity contribution is 0.0891. The zero-order valence-corrected chi connectivity index (χ0v) is 13.3. The van der Waals surface area contributed by atoms with E-state index in [0.29, 0.717) is 33.1 Å². The standard InChI is InChI=1S/C15H20Cl2N2O/c1-8-4-3-5-13(9(8)2)19-15(20)10-6-11(16)14(17)12(18)7-10/h6-9,13H,3-5,18H2,1-2H3,(H,19,20). The molecule has 1 aliphatic rings. The van der Waals surface area contributed by atoms with Gasteiger partial charge in [0.05, 0.1) is 15.7 Å². The predicted molar refractivity (Wildman–Crippen MR) is 84.3 cm³/mol. The molecule has 0 radical (unpaired) electrons. The Kier molecular flexibility index (Phi) is 4.82. The van der Waals surface area contributed by atoms with Gasteiger partial charge in [-0.25, -0.2) is 0 Å². The highest BCUT2D eigenvalue weighted by Gasteiger charge is 2.28. The number of nitrogens with two attached hydrogens (primary N) is 1. The van der Waals surface area contributed by atoms with E-state index in [2.05, 4.69) is 19.2 Å². The fraction of sp³-hybridized carbons (Fsp3) is 0.533. The molecule has 3 atom stereocenters. The van der Waals surface area contributed by atoms with Crippen molar-refractivity contribution in [3.8, 4) is 0 Å². The highest BCUT2D eigenvalue weighted by Crippen LogP contribution is 2.31. The van der Waals surface area contributed by atoms with E-state index in [9.17, 15) is 4.79 Å². The number of carbonyl (C=O) groups excluding carboxylic acids is 1. The first-order valence-electron chi connectivity index (χ1n) is 6.95. The smallest absolute Gasteiger partial charge is 0.251 e. The van der Waals surface area contributed by atoms with Gasteiger partial charge in [-0.15, -0.1) is 0 Å². The molecular weight excluding hydrogens is 295 g/mol. The van der Waals surface area contributed by atoms with Gasteiger partial charge in [0, 0.05) is 11.6 Å². The van der Waals surface area contributed by atoms with Crippen LogP contribution in [0.2, 0.25) is 10.0 Å². The average molecular weight is 315 g/mol. The summed E-state index contributed by atoms with van der Waals surface area (Å²) in [6, 6.07) is 3.34. The third kappa shape index (κ3) is 3.21. The molecule has 1 aromatic rings. The summed E-state index contributed by atoms with van der Waals surface area (Å²) in [6.45, 7) is 4.43. The van der Waals surface area contributed by atoms with E-state index in [1.54, 1.807) is 12.1 Å². The van der Waals surface area contributed by atoms with Crippen molar-refractivity contribution in [3.63, 3.8) is 0 Å². The summed E-state index contributed by atoms with van der Waals surface area (Å²) in [5, 5.41) is 3.69. The highest BCUT2D eigenvalue weighted by atomic mass is 35.5. The maximum Gasteiger partial charge on any atom is 0.251 e. The molecule has 1 aliphatic carbocycles. The lowest BCUT2D eigenvalue weighted by atomic mass is 9.78. The Labute approximate surface area is 129 Å². The van der Waals surface area contributed by atoms with Crippen molar-refractivity contribution < 1.29 is 4.79 Å². The van der Waals surface area contributed by atoms with Crippen molar-refractivity contribution in [3.05, 3.63) is 27.7 Å². The molecule has 0 saturated heterocycles.